The van der Waals surface area contributed by atoms with Gasteiger partial charge in [0.2, 0.25) is 0 Å². The fourth-order valence-corrected chi connectivity index (χ4v) is 3.97. The summed E-state index contributed by atoms with van der Waals surface area (Å²) in [7, 11) is 0. The highest BCUT2D eigenvalue weighted by molar-refractivity contribution is 14.1. The van der Waals surface area contributed by atoms with Gasteiger partial charge >= 0.3 is 0 Å². The Labute approximate surface area is 160 Å². The van der Waals surface area contributed by atoms with Gasteiger partial charge in [-0.25, -0.2) is 0 Å². The number of amides is 1. The molecule has 0 aliphatic heterocycles. The van der Waals surface area contributed by atoms with Crippen LogP contribution in [-0.2, 0) is 5.75 Å². The summed E-state index contributed by atoms with van der Waals surface area (Å²) < 4.78 is 1.07. The van der Waals surface area contributed by atoms with Crippen molar-refractivity contribution in [2.45, 2.75) is 5.75 Å². The Kier molecular flexibility index (Phi) is 6.15. The van der Waals surface area contributed by atoms with E-state index in [9.17, 15) is 4.79 Å². The van der Waals surface area contributed by atoms with Gasteiger partial charge in [-0.3, -0.25) is 4.79 Å². The molecule has 0 aromatic heterocycles. The lowest BCUT2D eigenvalue weighted by molar-refractivity contribution is 0.0956. The highest BCUT2D eigenvalue weighted by Crippen LogP contribution is 2.22. The Morgan fingerprint density at radius 1 is 1.00 bits per heavy atom. The maximum atomic E-state index is 12.1. The van der Waals surface area contributed by atoms with Gasteiger partial charge in [-0.05, 0) is 57.1 Å². The number of rotatable bonds is 6. The summed E-state index contributed by atoms with van der Waals surface area (Å²) >= 11 is 4.06. The number of benzene rings is 3. The molecular formula is C20H18INOS. The molecule has 4 heteroatoms. The van der Waals surface area contributed by atoms with E-state index < -0.39 is 0 Å². The zero-order valence-electron chi connectivity index (χ0n) is 13.2. The lowest BCUT2D eigenvalue weighted by Gasteiger charge is -2.08. The molecule has 0 saturated carbocycles. The summed E-state index contributed by atoms with van der Waals surface area (Å²) in [6, 6.07) is 22.5. The highest BCUT2D eigenvalue weighted by atomic mass is 127. The van der Waals surface area contributed by atoms with Crippen molar-refractivity contribution in [2.24, 2.45) is 0 Å². The smallest absolute Gasteiger partial charge is 0.251 e. The van der Waals surface area contributed by atoms with Crippen LogP contribution < -0.4 is 5.32 Å². The molecule has 24 heavy (non-hydrogen) atoms. The molecule has 2 nitrogen and oxygen atoms in total. The first-order chi connectivity index (χ1) is 11.7. The van der Waals surface area contributed by atoms with E-state index in [4.69, 9.17) is 0 Å². The van der Waals surface area contributed by atoms with E-state index in [1.807, 2.05) is 36.0 Å². The first kappa shape index (κ1) is 17.3. The minimum Gasteiger partial charge on any atom is -0.351 e. The lowest BCUT2D eigenvalue weighted by Crippen LogP contribution is -2.25. The predicted molar refractivity (Wildman–Crippen MR) is 112 cm³/mol. The van der Waals surface area contributed by atoms with Crippen molar-refractivity contribution in [1.82, 2.24) is 5.32 Å². The molecule has 0 fully saturated rings. The first-order valence-electron chi connectivity index (χ1n) is 7.82. The number of carbonyl (C=O) groups excluding carboxylic acids is 1. The van der Waals surface area contributed by atoms with Gasteiger partial charge in [0.05, 0.1) is 0 Å². The molecule has 1 amide bonds. The van der Waals surface area contributed by atoms with Crippen LogP contribution in [0, 0.1) is 3.57 Å². The van der Waals surface area contributed by atoms with E-state index in [2.05, 4.69) is 70.4 Å². The monoisotopic (exact) mass is 447 g/mol. The van der Waals surface area contributed by atoms with Crippen molar-refractivity contribution >= 4 is 51.0 Å². The number of hydrogen-bond acceptors (Lipinski definition) is 2. The van der Waals surface area contributed by atoms with Crippen LogP contribution in [0.15, 0.2) is 66.7 Å². The number of thioether (sulfide) groups is 1. The van der Waals surface area contributed by atoms with E-state index in [0.717, 1.165) is 20.6 Å². The molecule has 3 rings (SSSR count). The van der Waals surface area contributed by atoms with Crippen LogP contribution in [0.5, 0.6) is 0 Å². The second-order valence-corrected chi connectivity index (χ2v) is 7.81. The van der Waals surface area contributed by atoms with Crippen molar-refractivity contribution in [1.29, 1.82) is 0 Å². The molecule has 0 spiro atoms. The van der Waals surface area contributed by atoms with Crippen LogP contribution in [0.4, 0.5) is 0 Å². The molecule has 3 aromatic rings. The van der Waals surface area contributed by atoms with E-state index in [1.54, 1.807) is 0 Å². The minimum atomic E-state index is -0.000670. The highest BCUT2D eigenvalue weighted by Gasteiger charge is 2.05. The van der Waals surface area contributed by atoms with Crippen LogP contribution >= 0.6 is 34.4 Å². The maximum absolute atomic E-state index is 12.1. The molecule has 0 atom stereocenters. The molecule has 0 saturated heterocycles. The molecular weight excluding hydrogens is 429 g/mol. The van der Waals surface area contributed by atoms with Crippen LogP contribution in [0.25, 0.3) is 10.8 Å². The Balaban J connectivity index is 1.48. The van der Waals surface area contributed by atoms with Gasteiger partial charge in [0.1, 0.15) is 0 Å². The van der Waals surface area contributed by atoms with E-state index in [-0.39, 0.29) is 5.91 Å². The third-order valence-electron chi connectivity index (χ3n) is 3.76. The summed E-state index contributed by atoms with van der Waals surface area (Å²) in [6.45, 7) is 0.680. The van der Waals surface area contributed by atoms with Crippen LogP contribution in [0.1, 0.15) is 15.9 Å². The van der Waals surface area contributed by atoms with Crippen LogP contribution in [-0.4, -0.2) is 18.2 Å². The quantitative estimate of drug-likeness (QED) is 0.421. The predicted octanol–water partition coefficient (Wildman–Crippen LogP) is 5.11. The molecule has 0 aliphatic carbocycles. The number of nitrogens with one attached hydrogen (secondary N) is 1. The van der Waals surface area contributed by atoms with Gasteiger partial charge in [-0.2, -0.15) is 11.8 Å². The minimum absolute atomic E-state index is 0.000670. The normalized spacial score (nSPS) is 10.7. The first-order valence-corrected chi connectivity index (χ1v) is 10.1. The fraction of sp³-hybridized carbons (Fsp3) is 0.150. The van der Waals surface area contributed by atoms with E-state index in [1.165, 1.54) is 16.3 Å². The van der Waals surface area contributed by atoms with Crippen LogP contribution in [0.3, 0.4) is 0 Å². The molecule has 0 bridgehead atoms. The molecule has 0 heterocycles. The SMILES string of the molecule is O=C(NCCSCc1cccc2ccccc12)c1cccc(I)c1. The van der Waals surface area contributed by atoms with E-state index >= 15 is 0 Å². The zero-order chi connectivity index (χ0) is 16.8. The third kappa shape index (κ3) is 4.51. The molecule has 0 aliphatic rings. The van der Waals surface area contributed by atoms with Crippen molar-refractivity contribution in [2.75, 3.05) is 12.3 Å². The molecule has 3 aromatic carbocycles. The Hall–Kier alpha value is -1.53. The topological polar surface area (TPSA) is 29.1 Å². The number of hydrogen-bond donors (Lipinski definition) is 1. The Morgan fingerprint density at radius 2 is 1.79 bits per heavy atom. The summed E-state index contributed by atoms with van der Waals surface area (Å²) in [6.07, 6.45) is 0. The van der Waals surface area contributed by atoms with Crippen molar-refractivity contribution in [3.8, 4) is 0 Å². The summed E-state index contributed by atoms with van der Waals surface area (Å²) in [5.74, 6) is 1.86. The lowest BCUT2D eigenvalue weighted by atomic mass is 10.1. The third-order valence-corrected chi connectivity index (χ3v) is 5.44. The fourth-order valence-electron chi connectivity index (χ4n) is 2.57. The van der Waals surface area contributed by atoms with Crippen LogP contribution in [0.2, 0.25) is 0 Å². The Morgan fingerprint density at radius 3 is 2.67 bits per heavy atom. The van der Waals surface area contributed by atoms with Gasteiger partial charge < -0.3 is 5.32 Å². The van der Waals surface area contributed by atoms with Gasteiger partial charge in [-0.1, -0.05) is 48.5 Å². The van der Waals surface area contributed by atoms with Gasteiger partial charge in [0, 0.05) is 27.2 Å². The number of carbonyl (C=O) groups is 1. The van der Waals surface area contributed by atoms with Crippen molar-refractivity contribution in [3.63, 3.8) is 0 Å². The molecule has 0 unspecified atom stereocenters. The average molecular weight is 447 g/mol. The van der Waals surface area contributed by atoms with Crippen molar-refractivity contribution in [3.05, 3.63) is 81.4 Å². The summed E-state index contributed by atoms with van der Waals surface area (Å²) in [4.78, 5) is 12.1. The number of fused-ring (bicyclic) bond motifs is 1. The maximum Gasteiger partial charge on any atom is 0.251 e. The number of halogens is 1. The van der Waals surface area contributed by atoms with Gasteiger partial charge in [0.15, 0.2) is 0 Å². The second-order valence-electron chi connectivity index (χ2n) is 5.46. The van der Waals surface area contributed by atoms with Gasteiger partial charge in [-0.15, -0.1) is 0 Å². The molecule has 122 valence electrons. The molecule has 1 N–H and O–H groups in total. The largest absolute Gasteiger partial charge is 0.351 e. The summed E-state index contributed by atoms with van der Waals surface area (Å²) in [5, 5.41) is 5.58. The standard InChI is InChI=1S/C20H18INOS/c21-18-9-4-7-16(13-18)20(23)22-11-12-24-14-17-8-3-6-15-5-1-2-10-19(15)17/h1-10,13H,11-12,14H2,(H,22,23). The summed E-state index contributed by atoms with van der Waals surface area (Å²) in [5.41, 5.74) is 2.07. The van der Waals surface area contributed by atoms with E-state index in [0.29, 0.717) is 6.54 Å². The Bertz CT molecular complexity index is 844. The van der Waals surface area contributed by atoms with Crippen molar-refractivity contribution < 1.29 is 4.79 Å². The zero-order valence-corrected chi connectivity index (χ0v) is 16.1. The van der Waals surface area contributed by atoms with Gasteiger partial charge in [0.25, 0.3) is 5.91 Å². The molecule has 0 radical (unpaired) electrons. The average Bonchev–Trinajstić information content (AvgIpc) is 2.61. The second kappa shape index (κ2) is 8.53.